The van der Waals surface area contributed by atoms with E-state index < -0.39 is 0 Å². The molecule has 124 valence electrons. The van der Waals surface area contributed by atoms with Gasteiger partial charge in [-0.15, -0.1) is 0 Å². The van der Waals surface area contributed by atoms with Crippen molar-refractivity contribution in [2.45, 2.75) is 26.2 Å². The van der Waals surface area contributed by atoms with E-state index in [9.17, 15) is 4.79 Å². The fourth-order valence-corrected chi connectivity index (χ4v) is 2.68. The Morgan fingerprint density at radius 3 is 2.33 bits per heavy atom. The molecule has 0 bridgehead atoms. The minimum atomic E-state index is -0.297. The van der Waals surface area contributed by atoms with Crippen LogP contribution in [0.25, 0.3) is 22.3 Å². The topological polar surface area (TPSA) is 70.1 Å². The summed E-state index contributed by atoms with van der Waals surface area (Å²) in [4.78, 5) is 17.1. The zero-order valence-corrected chi connectivity index (χ0v) is 14.3. The summed E-state index contributed by atoms with van der Waals surface area (Å²) in [6.45, 7) is 6.46. The average molecular weight is 323 g/mol. The van der Waals surface area contributed by atoms with Gasteiger partial charge in [0.05, 0.1) is 12.5 Å². The number of benzene rings is 2. The second kappa shape index (κ2) is 5.67. The number of hydrogen-bond donors (Lipinski definition) is 1. The number of fused-ring (bicyclic) bond motifs is 1. The maximum Gasteiger partial charge on any atom is 0.280 e. The van der Waals surface area contributed by atoms with Gasteiger partial charge in [-0.3, -0.25) is 4.79 Å². The Morgan fingerprint density at radius 1 is 1.08 bits per heavy atom. The molecule has 5 nitrogen and oxygen atoms in total. The molecule has 0 radical (unpaired) electrons. The molecule has 0 atom stereocenters. The van der Waals surface area contributed by atoms with E-state index in [1.54, 1.807) is 25.3 Å². The second-order valence-corrected chi connectivity index (χ2v) is 6.79. The second-order valence-electron chi connectivity index (χ2n) is 6.79. The van der Waals surface area contributed by atoms with Crippen LogP contribution in [0.1, 0.15) is 26.3 Å². The summed E-state index contributed by atoms with van der Waals surface area (Å²) in [6.07, 6.45) is 0. The Labute approximate surface area is 140 Å². The molecule has 5 heteroatoms. The van der Waals surface area contributed by atoms with Gasteiger partial charge < -0.3 is 10.6 Å². The first-order valence-electron chi connectivity index (χ1n) is 7.78. The first kappa shape index (κ1) is 16.1. The highest BCUT2D eigenvalue weighted by molar-refractivity contribution is 5.85. The van der Waals surface area contributed by atoms with Crippen LogP contribution < -0.4 is 16.1 Å². The highest BCUT2D eigenvalue weighted by atomic mass is 16.5. The highest BCUT2D eigenvalue weighted by Crippen LogP contribution is 2.27. The van der Waals surface area contributed by atoms with Crippen molar-refractivity contribution in [1.82, 2.24) is 9.66 Å². The van der Waals surface area contributed by atoms with E-state index in [-0.39, 0.29) is 11.0 Å². The minimum absolute atomic E-state index is 0.0565. The molecule has 1 aromatic heterocycles. The zero-order valence-electron chi connectivity index (χ0n) is 14.3. The van der Waals surface area contributed by atoms with Crippen molar-refractivity contribution >= 4 is 10.9 Å². The van der Waals surface area contributed by atoms with Crippen LogP contribution in [0.4, 0.5) is 0 Å². The van der Waals surface area contributed by atoms with Gasteiger partial charge in [-0.25, -0.2) is 9.66 Å². The highest BCUT2D eigenvalue weighted by Gasteiger charge is 2.16. The summed E-state index contributed by atoms with van der Waals surface area (Å²) in [7, 11) is 1.56. The SMILES string of the molecule is COc1cccc2c(=O)n(N)c(-c3ccc(C(C)(C)C)cc3)nc12. The van der Waals surface area contributed by atoms with Gasteiger partial charge in [-0.1, -0.05) is 51.1 Å². The summed E-state index contributed by atoms with van der Waals surface area (Å²) in [5.74, 6) is 6.96. The molecular weight excluding hydrogens is 302 g/mol. The third-order valence-corrected chi connectivity index (χ3v) is 4.12. The molecule has 3 aromatic rings. The Bertz CT molecular complexity index is 951. The minimum Gasteiger partial charge on any atom is -0.494 e. The van der Waals surface area contributed by atoms with Crippen molar-refractivity contribution in [1.29, 1.82) is 0 Å². The summed E-state index contributed by atoms with van der Waals surface area (Å²) in [6, 6.07) is 13.2. The van der Waals surface area contributed by atoms with E-state index >= 15 is 0 Å². The first-order chi connectivity index (χ1) is 11.3. The number of nitrogen functional groups attached to an aromatic ring is 1. The van der Waals surface area contributed by atoms with E-state index in [4.69, 9.17) is 10.6 Å². The van der Waals surface area contributed by atoms with Gasteiger partial charge in [0.2, 0.25) is 0 Å². The fourth-order valence-electron chi connectivity index (χ4n) is 2.68. The van der Waals surface area contributed by atoms with E-state index in [0.29, 0.717) is 22.5 Å². The number of para-hydroxylation sites is 1. The summed E-state index contributed by atoms with van der Waals surface area (Å²) >= 11 is 0. The molecule has 24 heavy (non-hydrogen) atoms. The van der Waals surface area contributed by atoms with Gasteiger partial charge in [-0.05, 0) is 23.1 Å². The van der Waals surface area contributed by atoms with Crippen molar-refractivity contribution < 1.29 is 4.74 Å². The lowest BCUT2D eigenvalue weighted by atomic mass is 9.86. The predicted octanol–water partition coefficient (Wildman–Crippen LogP) is 3.08. The van der Waals surface area contributed by atoms with E-state index in [1.807, 2.05) is 24.3 Å². The fraction of sp³-hybridized carbons (Fsp3) is 0.263. The van der Waals surface area contributed by atoms with Crippen molar-refractivity contribution in [2.24, 2.45) is 0 Å². The molecule has 0 saturated heterocycles. The quantitative estimate of drug-likeness (QED) is 0.736. The number of ether oxygens (including phenoxy) is 1. The van der Waals surface area contributed by atoms with Crippen LogP contribution in [0.15, 0.2) is 47.3 Å². The van der Waals surface area contributed by atoms with Crippen molar-refractivity contribution in [2.75, 3.05) is 13.0 Å². The Balaban J connectivity index is 2.23. The molecule has 2 N–H and O–H groups in total. The van der Waals surface area contributed by atoms with Crippen LogP contribution in [-0.4, -0.2) is 16.8 Å². The lowest BCUT2D eigenvalue weighted by Crippen LogP contribution is -2.30. The van der Waals surface area contributed by atoms with Crippen LogP contribution in [-0.2, 0) is 5.41 Å². The standard InChI is InChI=1S/C19H21N3O2/c1-19(2,3)13-10-8-12(9-11-13)17-21-16-14(18(23)22(17)20)6-5-7-15(16)24-4/h5-11H,20H2,1-4H3. The Kier molecular flexibility index (Phi) is 3.79. The number of methoxy groups -OCH3 is 1. The molecule has 0 amide bonds. The maximum absolute atomic E-state index is 12.6. The third kappa shape index (κ3) is 2.62. The molecule has 0 saturated carbocycles. The molecule has 0 aliphatic carbocycles. The zero-order chi connectivity index (χ0) is 17.5. The molecule has 3 rings (SSSR count). The van der Waals surface area contributed by atoms with Gasteiger partial charge in [0.25, 0.3) is 5.56 Å². The normalized spacial score (nSPS) is 11.7. The number of aromatic nitrogens is 2. The third-order valence-electron chi connectivity index (χ3n) is 4.12. The smallest absolute Gasteiger partial charge is 0.280 e. The monoisotopic (exact) mass is 323 g/mol. The Morgan fingerprint density at radius 2 is 1.75 bits per heavy atom. The largest absolute Gasteiger partial charge is 0.494 e. The van der Waals surface area contributed by atoms with Crippen molar-refractivity contribution in [3.05, 3.63) is 58.4 Å². The lowest BCUT2D eigenvalue weighted by molar-refractivity contribution is 0.419. The number of hydrogen-bond acceptors (Lipinski definition) is 4. The average Bonchev–Trinajstić information content (AvgIpc) is 2.57. The van der Waals surface area contributed by atoms with Gasteiger partial charge in [-0.2, -0.15) is 0 Å². The lowest BCUT2D eigenvalue weighted by Gasteiger charge is -2.19. The molecule has 0 fully saturated rings. The van der Waals surface area contributed by atoms with Crippen molar-refractivity contribution in [3.63, 3.8) is 0 Å². The van der Waals surface area contributed by atoms with Crippen LogP contribution in [0.2, 0.25) is 0 Å². The van der Waals surface area contributed by atoms with Crippen LogP contribution >= 0.6 is 0 Å². The Hall–Kier alpha value is -2.82. The van der Waals surface area contributed by atoms with Gasteiger partial charge in [0, 0.05) is 5.56 Å². The van der Waals surface area contributed by atoms with E-state index in [1.165, 1.54) is 5.56 Å². The molecule has 0 unspecified atom stereocenters. The van der Waals surface area contributed by atoms with Crippen LogP contribution in [0, 0.1) is 0 Å². The molecule has 0 aliphatic rings. The predicted molar refractivity (Wildman–Crippen MR) is 96.8 cm³/mol. The van der Waals surface area contributed by atoms with Gasteiger partial charge in [0.15, 0.2) is 5.82 Å². The maximum atomic E-state index is 12.6. The molecule has 0 spiro atoms. The van der Waals surface area contributed by atoms with Crippen LogP contribution in [0.3, 0.4) is 0 Å². The summed E-state index contributed by atoms with van der Waals surface area (Å²) in [5, 5.41) is 0.437. The summed E-state index contributed by atoms with van der Waals surface area (Å²) in [5.41, 5.74) is 2.27. The first-order valence-corrected chi connectivity index (χ1v) is 7.78. The number of rotatable bonds is 2. The van der Waals surface area contributed by atoms with Gasteiger partial charge >= 0.3 is 0 Å². The molecule has 0 aliphatic heterocycles. The van der Waals surface area contributed by atoms with Crippen molar-refractivity contribution in [3.8, 4) is 17.1 Å². The molecule has 2 aromatic carbocycles. The van der Waals surface area contributed by atoms with Gasteiger partial charge in [0.1, 0.15) is 11.3 Å². The van der Waals surface area contributed by atoms with Crippen LogP contribution in [0.5, 0.6) is 5.75 Å². The summed E-state index contributed by atoms with van der Waals surface area (Å²) < 4.78 is 6.42. The number of nitrogens with two attached hydrogens (primary N) is 1. The molecule has 1 heterocycles. The van der Waals surface area contributed by atoms with E-state index in [0.717, 1.165) is 10.2 Å². The van der Waals surface area contributed by atoms with E-state index in [2.05, 4.69) is 25.8 Å². The molecular formula is C19H21N3O2. The number of nitrogens with zero attached hydrogens (tertiary/aromatic N) is 2.